The highest BCUT2D eigenvalue weighted by Gasteiger charge is 2.43. The number of alkyl halides is 3. The summed E-state index contributed by atoms with van der Waals surface area (Å²) < 4.78 is 51.3. The molecule has 5 rings (SSSR count). The molecule has 1 aromatic heterocycles. The third-order valence-corrected chi connectivity index (χ3v) is 6.58. The molecule has 2 aliphatic heterocycles. The Morgan fingerprint density at radius 3 is 2.17 bits per heavy atom. The Kier molecular flexibility index (Phi) is 5.75. The second-order valence-electron chi connectivity index (χ2n) is 9.13. The Balaban J connectivity index is 1.93. The average molecular weight is 496 g/mol. The minimum absolute atomic E-state index is 0.216. The number of aryl methyl sites for hydroxylation is 2. The first-order valence-electron chi connectivity index (χ1n) is 11.5. The summed E-state index contributed by atoms with van der Waals surface area (Å²) in [5, 5.41) is 3.07. The summed E-state index contributed by atoms with van der Waals surface area (Å²) in [7, 11) is 0. The maximum absolute atomic E-state index is 14.9. The van der Waals surface area contributed by atoms with E-state index in [4.69, 9.17) is 10.5 Å². The number of hydrogen-bond acceptors (Lipinski definition) is 4. The average Bonchev–Trinajstić information content (AvgIpc) is 2.82. The van der Waals surface area contributed by atoms with Gasteiger partial charge in [-0.1, -0.05) is 30.3 Å². The molecule has 0 bridgehead atoms. The highest BCUT2D eigenvalue weighted by molar-refractivity contribution is 5.93. The molecule has 0 radical (unpaired) electrons. The largest absolute Gasteiger partial charge is 0.457 e. The summed E-state index contributed by atoms with van der Waals surface area (Å²) in [6.07, 6.45) is -2.95. The normalized spacial score (nSPS) is 15.5. The van der Waals surface area contributed by atoms with Crippen molar-refractivity contribution in [1.82, 2.24) is 9.88 Å². The molecule has 2 aliphatic rings. The second-order valence-corrected chi connectivity index (χ2v) is 9.13. The van der Waals surface area contributed by atoms with Crippen LogP contribution < -0.4 is 21.3 Å². The molecule has 0 spiro atoms. The van der Waals surface area contributed by atoms with Crippen LogP contribution in [0.3, 0.4) is 0 Å². The number of hydrogen-bond donors (Lipinski definition) is 2. The fourth-order valence-corrected chi connectivity index (χ4v) is 4.94. The van der Waals surface area contributed by atoms with Crippen LogP contribution in [0.1, 0.15) is 56.3 Å². The van der Waals surface area contributed by atoms with Crippen LogP contribution in [0.15, 0.2) is 53.3 Å². The zero-order valence-electron chi connectivity index (χ0n) is 19.7. The molecule has 6 nitrogen and oxygen atoms in total. The first kappa shape index (κ1) is 23.9. The molecule has 0 saturated heterocycles. The van der Waals surface area contributed by atoms with Gasteiger partial charge in [-0.05, 0) is 61.7 Å². The number of pyridine rings is 1. The van der Waals surface area contributed by atoms with Gasteiger partial charge in [-0.25, -0.2) is 0 Å². The molecule has 0 aliphatic carbocycles. The van der Waals surface area contributed by atoms with Crippen LogP contribution in [0.2, 0.25) is 0 Å². The molecule has 3 heterocycles. The van der Waals surface area contributed by atoms with Crippen molar-refractivity contribution in [3.05, 3.63) is 98.0 Å². The maximum atomic E-state index is 14.9. The van der Waals surface area contributed by atoms with E-state index in [-0.39, 0.29) is 5.56 Å². The zero-order valence-corrected chi connectivity index (χ0v) is 19.7. The molecule has 3 aromatic rings. The van der Waals surface area contributed by atoms with Gasteiger partial charge in [0.25, 0.3) is 11.5 Å². The van der Waals surface area contributed by atoms with E-state index in [2.05, 4.69) is 5.32 Å². The van der Waals surface area contributed by atoms with Crippen molar-refractivity contribution >= 4 is 11.5 Å². The molecule has 0 fully saturated rings. The van der Waals surface area contributed by atoms with Crippen molar-refractivity contribution in [3.8, 4) is 11.5 Å². The van der Waals surface area contributed by atoms with Gasteiger partial charge < -0.3 is 15.8 Å². The van der Waals surface area contributed by atoms with Gasteiger partial charge in [-0.2, -0.15) is 13.2 Å². The van der Waals surface area contributed by atoms with E-state index < -0.39 is 34.9 Å². The van der Waals surface area contributed by atoms with Crippen molar-refractivity contribution < 1.29 is 22.7 Å². The predicted octanol–water partition coefficient (Wildman–Crippen LogP) is 4.70. The molecule has 9 heteroatoms. The number of amides is 1. The van der Waals surface area contributed by atoms with Gasteiger partial charge in [-0.3, -0.25) is 14.2 Å². The summed E-state index contributed by atoms with van der Waals surface area (Å²) in [6, 6.07) is 10.1. The van der Waals surface area contributed by atoms with E-state index >= 15 is 0 Å². The van der Waals surface area contributed by atoms with E-state index in [0.29, 0.717) is 52.3 Å². The lowest BCUT2D eigenvalue weighted by molar-refractivity contribution is -0.144. The molecule has 186 valence electrons. The number of halogens is 3. The minimum atomic E-state index is -4.90. The van der Waals surface area contributed by atoms with E-state index in [1.54, 1.807) is 42.5 Å². The molecule has 0 unspecified atom stereocenters. The maximum Gasteiger partial charge on any atom is 0.432 e. The van der Waals surface area contributed by atoms with Gasteiger partial charge in [0.1, 0.15) is 22.8 Å². The Hall–Kier alpha value is -3.85. The van der Waals surface area contributed by atoms with Crippen LogP contribution in [0, 0.1) is 13.8 Å². The smallest absolute Gasteiger partial charge is 0.432 e. The molecular formula is C27H24F3N3O3. The minimum Gasteiger partial charge on any atom is -0.457 e. The number of carbonyl (C=O) groups is 1. The van der Waals surface area contributed by atoms with Crippen LogP contribution in [0.4, 0.5) is 13.2 Å². The van der Waals surface area contributed by atoms with E-state index in [1.165, 1.54) is 0 Å². The molecule has 3 N–H and O–H groups in total. The van der Waals surface area contributed by atoms with Crippen LogP contribution in [-0.4, -0.2) is 23.6 Å². The standard InChI is InChI=1S/C27H24F3N3O3/c1-14-3-5-17-21(11-14)36-22-12-15(2)4-6-18(22)23(17)33-24(27(28,29)30)19(16-7-9-32-10-8-16)13-20(25(31)34)26(33)35/h3-7,11-13,23,32H,8-10H2,1-2H3,(H2,31,34). The quantitative estimate of drug-likeness (QED) is 0.431. The summed E-state index contributed by atoms with van der Waals surface area (Å²) in [5.41, 5.74) is 5.45. The van der Waals surface area contributed by atoms with Crippen molar-refractivity contribution in [2.24, 2.45) is 5.73 Å². The molecule has 0 saturated carbocycles. The van der Waals surface area contributed by atoms with Crippen molar-refractivity contribution in [2.75, 3.05) is 13.1 Å². The number of benzene rings is 2. The molecule has 2 aromatic carbocycles. The number of carbonyl (C=O) groups excluding carboxylic acids is 1. The SMILES string of the molecule is Cc1ccc2c(c1)Oc1cc(C)ccc1C2n1c(C(F)(F)F)c(C2=CCNCC2)cc(C(N)=O)c1=O. The number of nitrogens with zero attached hydrogens (tertiary/aromatic N) is 1. The lowest BCUT2D eigenvalue weighted by atomic mass is 9.90. The molecule has 36 heavy (non-hydrogen) atoms. The topological polar surface area (TPSA) is 86.3 Å². The summed E-state index contributed by atoms with van der Waals surface area (Å²) in [6.45, 7) is 4.52. The van der Waals surface area contributed by atoms with Crippen molar-refractivity contribution in [1.29, 1.82) is 0 Å². The lowest BCUT2D eigenvalue weighted by Gasteiger charge is -2.33. The molecular weight excluding hydrogens is 471 g/mol. The van der Waals surface area contributed by atoms with Gasteiger partial charge in [0.05, 0.1) is 6.04 Å². The fraction of sp³-hybridized carbons (Fsp3) is 0.259. The van der Waals surface area contributed by atoms with E-state index in [1.807, 2.05) is 13.8 Å². The highest BCUT2D eigenvalue weighted by Crippen LogP contribution is 2.47. The van der Waals surface area contributed by atoms with Crippen LogP contribution in [0.25, 0.3) is 5.57 Å². The summed E-state index contributed by atoms with van der Waals surface area (Å²) in [5.74, 6) is -0.381. The van der Waals surface area contributed by atoms with Gasteiger partial charge in [0.2, 0.25) is 0 Å². The number of nitrogens with two attached hydrogens (primary N) is 1. The Bertz CT molecular complexity index is 1440. The lowest BCUT2D eigenvalue weighted by Crippen LogP contribution is -2.39. The van der Waals surface area contributed by atoms with Gasteiger partial charge in [0.15, 0.2) is 0 Å². The van der Waals surface area contributed by atoms with Crippen LogP contribution in [0.5, 0.6) is 11.5 Å². The van der Waals surface area contributed by atoms with E-state index in [9.17, 15) is 22.8 Å². The number of aromatic nitrogens is 1. The summed E-state index contributed by atoms with van der Waals surface area (Å²) >= 11 is 0. The van der Waals surface area contributed by atoms with Crippen molar-refractivity contribution in [3.63, 3.8) is 0 Å². The molecule has 1 amide bonds. The number of fused-ring (bicyclic) bond motifs is 2. The number of ether oxygens (including phenoxy) is 1. The van der Waals surface area contributed by atoms with Gasteiger partial charge in [0, 0.05) is 23.2 Å². The number of rotatable bonds is 3. The van der Waals surface area contributed by atoms with Crippen LogP contribution >= 0.6 is 0 Å². The summed E-state index contributed by atoms with van der Waals surface area (Å²) in [4.78, 5) is 26.0. The Morgan fingerprint density at radius 2 is 1.67 bits per heavy atom. The predicted molar refractivity (Wildman–Crippen MR) is 129 cm³/mol. The van der Waals surface area contributed by atoms with Gasteiger partial charge >= 0.3 is 6.18 Å². The number of primary amides is 1. The Morgan fingerprint density at radius 1 is 1.06 bits per heavy atom. The molecule has 0 atom stereocenters. The first-order valence-corrected chi connectivity index (χ1v) is 11.5. The zero-order chi connectivity index (χ0) is 25.8. The third-order valence-electron chi connectivity index (χ3n) is 6.58. The monoisotopic (exact) mass is 495 g/mol. The number of nitrogens with one attached hydrogen (secondary N) is 1. The highest BCUT2D eigenvalue weighted by atomic mass is 19.4. The van der Waals surface area contributed by atoms with Gasteiger partial charge in [-0.15, -0.1) is 0 Å². The first-order chi connectivity index (χ1) is 17.1. The van der Waals surface area contributed by atoms with Crippen LogP contribution in [-0.2, 0) is 6.18 Å². The fourth-order valence-electron chi connectivity index (χ4n) is 4.94. The third kappa shape index (κ3) is 3.99. The van der Waals surface area contributed by atoms with E-state index in [0.717, 1.165) is 17.2 Å². The Labute approximate surface area is 205 Å². The van der Waals surface area contributed by atoms with Crippen molar-refractivity contribution in [2.45, 2.75) is 32.5 Å². The second kappa shape index (κ2) is 8.67.